The Morgan fingerprint density at radius 3 is 2.45 bits per heavy atom. The maximum absolute atomic E-state index is 13.1. The molecule has 3 aromatic carbocycles. The van der Waals surface area contributed by atoms with Crippen molar-refractivity contribution in [1.82, 2.24) is 4.90 Å². The van der Waals surface area contributed by atoms with Crippen molar-refractivity contribution in [2.75, 3.05) is 6.61 Å². The van der Waals surface area contributed by atoms with Crippen LogP contribution in [-0.2, 0) is 22.7 Å². The SMILES string of the molecule is O=C(/C=C/c1ccc([N+](=O)[O-])cc1)N1Cc2ccccc2[C@@H](OCc2ccccc2)[C@@H]1CO. The molecular formula is C26H24N2O5. The summed E-state index contributed by atoms with van der Waals surface area (Å²) >= 11 is 0. The van der Waals surface area contributed by atoms with Crippen LogP contribution in [-0.4, -0.2) is 33.5 Å². The third-order valence-corrected chi connectivity index (χ3v) is 5.72. The van der Waals surface area contributed by atoms with Crippen molar-refractivity contribution in [1.29, 1.82) is 0 Å². The van der Waals surface area contributed by atoms with Gasteiger partial charge in [-0.2, -0.15) is 0 Å². The third kappa shape index (κ3) is 5.16. The van der Waals surface area contributed by atoms with E-state index in [9.17, 15) is 20.0 Å². The van der Waals surface area contributed by atoms with E-state index in [-0.39, 0.29) is 18.2 Å². The second kappa shape index (κ2) is 10.2. The quantitative estimate of drug-likeness (QED) is 0.334. The molecule has 0 saturated heterocycles. The molecule has 0 radical (unpaired) electrons. The number of non-ortho nitro benzene ring substituents is 1. The van der Waals surface area contributed by atoms with E-state index in [0.717, 1.165) is 16.7 Å². The highest BCUT2D eigenvalue weighted by Gasteiger charge is 2.37. The molecule has 0 bridgehead atoms. The van der Waals surface area contributed by atoms with E-state index in [1.54, 1.807) is 23.1 Å². The van der Waals surface area contributed by atoms with E-state index in [0.29, 0.717) is 18.7 Å². The van der Waals surface area contributed by atoms with Crippen LogP contribution in [0.15, 0.2) is 84.9 Å². The molecule has 0 aliphatic carbocycles. The molecule has 2 atom stereocenters. The number of fused-ring (bicyclic) bond motifs is 1. The summed E-state index contributed by atoms with van der Waals surface area (Å²) in [6, 6.07) is 23.0. The van der Waals surface area contributed by atoms with Crippen LogP contribution in [0.25, 0.3) is 6.08 Å². The molecule has 168 valence electrons. The number of nitrogens with zero attached hydrogens (tertiary/aromatic N) is 2. The Morgan fingerprint density at radius 1 is 1.06 bits per heavy atom. The van der Waals surface area contributed by atoms with Crippen LogP contribution in [0.3, 0.4) is 0 Å². The minimum atomic E-state index is -0.544. The third-order valence-electron chi connectivity index (χ3n) is 5.72. The molecule has 1 N–H and O–H groups in total. The zero-order chi connectivity index (χ0) is 23.2. The predicted octanol–water partition coefficient (Wildman–Crippen LogP) is 4.27. The molecule has 0 fully saturated rings. The molecule has 1 aliphatic rings. The zero-order valence-corrected chi connectivity index (χ0v) is 17.9. The van der Waals surface area contributed by atoms with Crippen LogP contribution in [0.4, 0.5) is 5.69 Å². The number of hydrogen-bond donors (Lipinski definition) is 1. The molecule has 3 aromatic rings. The Hall–Kier alpha value is -3.81. The summed E-state index contributed by atoms with van der Waals surface area (Å²) in [5.74, 6) is -0.268. The topological polar surface area (TPSA) is 92.9 Å². The number of aliphatic hydroxyl groups is 1. The van der Waals surface area contributed by atoms with Crippen molar-refractivity contribution in [2.24, 2.45) is 0 Å². The molecule has 0 aromatic heterocycles. The highest BCUT2D eigenvalue weighted by atomic mass is 16.6. The van der Waals surface area contributed by atoms with Gasteiger partial charge in [0.2, 0.25) is 5.91 Å². The Kier molecular flexibility index (Phi) is 6.92. The van der Waals surface area contributed by atoms with E-state index < -0.39 is 17.1 Å². The molecule has 1 heterocycles. The molecule has 0 saturated carbocycles. The van der Waals surface area contributed by atoms with E-state index in [4.69, 9.17) is 4.74 Å². The van der Waals surface area contributed by atoms with Gasteiger partial charge in [0, 0.05) is 24.8 Å². The van der Waals surface area contributed by atoms with Crippen LogP contribution in [0, 0.1) is 10.1 Å². The first-order valence-corrected chi connectivity index (χ1v) is 10.6. The lowest BCUT2D eigenvalue weighted by Crippen LogP contribution is -2.48. The normalized spacial score (nSPS) is 17.7. The largest absolute Gasteiger partial charge is 0.394 e. The monoisotopic (exact) mass is 444 g/mol. The first kappa shape index (κ1) is 22.4. The number of nitro groups is 1. The molecule has 1 aliphatic heterocycles. The minimum absolute atomic E-state index is 0.00938. The fraction of sp³-hybridized carbons (Fsp3) is 0.192. The first-order chi connectivity index (χ1) is 16.1. The number of aliphatic hydroxyl groups excluding tert-OH is 1. The maximum Gasteiger partial charge on any atom is 0.269 e. The lowest BCUT2D eigenvalue weighted by atomic mass is 9.91. The van der Waals surface area contributed by atoms with Crippen molar-refractivity contribution in [3.8, 4) is 0 Å². The van der Waals surface area contributed by atoms with Crippen molar-refractivity contribution in [2.45, 2.75) is 25.3 Å². The predicted molar refractivity (Wildman–Crippen MR) is 124 cm³/mol. The van der Waals surface area contributed by atoms with Crippen LogP contribution < -0.4 is 0 Å². The van der Waals surface area contributed by atoms with Crippen molar-refractivity contribution in [3.05, 3.63) is 117 Å². The van der Waals surface area contributed by atoms with Gasteiger partial charge in [-0.05, 0) is 40.5 Å². The van der Waals surface area contributed by atoms with Crippen LogP contribution >= 0.6 is 0 Å². The van der Waals surface area contributed by atoms with Gasteiger partial charge >= 0.3 is 0 Å². The maximum atomic E-state index is 13.1. The number of benzene rings is 3. The average Bonchev–Trinajstić information content (AvgIpc) is 2.86. The van der Waals surface area contributed by atoms with Gasteiger partial charge < -0.3 is 14.7 Å². The lowest BCUT2D eigenvalue weighted by molar-refractivity contribution is -0.384. The number of carbonyl (C=O) groups excluding carboxylic acids is 1. The summed E-state index contributed by atoms with van der Waals surface area (Å²) in [5.41, 5.74) is 3.61. The zero-order valence-electron chi connectivity index (χ0n) is 17.9. The van der Waals surface area contributed by atoms with E-state index in [1.807, 2.05) is 54.6 Å². The molecule has 4 rings (SSSR count). The summed E-state index contributed by atoms with van der Waals surface area (Å²) in [6.07, 6.45) is 2.56. The van der Waals surface area contributed by atoms with Gasteiger partial charge in [0.15, 0.2) is 0 Å². The fourth-order valence-electron chi connectivity index (χ4n) is 3.99. The summed E-state index contributed by atoms with van der Waals surface area (Å²) in [5, 5.41) is 21.0. The minimum Gasteiger partial charge on any atom is -0.394 e. The first-order valence-electron chi connectivity index (χ1n) is 10.6. The van der Waals surface area contributed by atoms with Crippen molar-refractivity contribution >= 4 is 17.7 Å². The highest BCUT2D eigenvalue weighted by molar-refractivity contribution is 5.92. The van der Waals surface area contributed by atoms with Gasteiger partial charge in [0.1, 0.15) is 6.10 Å². The highest BCUT2D eigenvalue weighted by Crippen LogP contribution is 2.35. The van der Waals surface area contributed by atoms with Crippen molar-refractivity contribution in [3.63, 3.8) is 0 Å². The van der Waals surface area contributed by atoms with Crippen LogP contribution in [0.1, 0.15) is 28.4 Å². The molecule has 33 heavy (non-hydrogen) atoms. The summed E-state index contributed by atoms with van der Waals surface area (Å²) < 4.78 is 6.24. The van der Waals surface area contributed by atoms with E-state index >= 15 is 0 Å². The van der Waals surface area contributed by atoms with Gasteiger partial charge in [-0.15, -0.1) is 0 Å². The van der Waals surface area contributed by atoms with Crippen molar-refractivity contribution < 1.29 is 19.6 Å². The van der Waals surface area contributed by atoms with Crippen LogP contribution in [0.5, 0.6) is 0 Å². The Bertz CT molecular complexity index is 1140. The van der Waals surface area contributed by atoms with Gasteiger partial charge in [-0.1, -0.05) is 54.6 Å². The van der Waals surface area contributed by atoms with Gasteiger partial charge in [0.05, 0.1) is 24.2 Å². The fourth-order valence-corrected chi connectivity index (χ4v) is 3.99. The van der Waals surface area contributed by atoms with Gasteiger partial charge in [-0.25, -0.2) is 0 Å². The molecule has 1 amide bonds. The summed E-state index contributed by atoms with van der Waals surface area (Å²) in [4.78, 5) is 25.1. The summed E-state index contributed by atoms with van der Waals surface area (Å²) in [7, 11) is 0. The Labute approximate surface area is 191 Å². The number of carbonyl (C=O) groups is 1. The second-order valence-corrected chi connectivity index (χ2v) is 7.81. The molecule has 0 unspecified atom stereocenters. The van der Waals surface area contributed by atoms with Crippen LogP contribution in [0.2, 0.25) is 0 Å². The van der Waals surface area contributed by atoms with E-state index in [2.05, 4.69) is 0 Å². The average molecular weight is 444 g/mol. The molecule has 0 spiro atoms. The second-order valence-electron chi connectivity index (χ2n) is 7.81. The standard InChI is InChI=1S/C26H24N2O5/c29-17-24-26(33-18-20-6-2-1-3-7-20)23-9-5-4-8-21(23)16-27(24)25(30)15-12-19-10-13-22(14-11-19)28(31)32/h1-15,24,26,29H,16-18H2/b15-12+/t24-,26+/m0/s1. The van der Waals surface area contributed by atoms with Gasteiger partial charge in [-0.3, -0.25) is 14.9 Å². The Balaban J connectivity index is 1.55. The van der Waals surface area contributed by atoms with Gasteiger partial charge in [0.25, 0.3) is 5.69 Å². The number of amides is 1. The Morgan fingerprint density at radius 2 is 1.76 bits per heavy atom. The molecule has 7 nitrogen and oxygen atoms in total. The number of nitro benzene ring substituents is 1. The molecule has 7 heteroatoms. The summed E-state index contributed by atoms with van der Waals surface area (Å²) in [6.45, 7) is 0.470. The molecular weight excluding hydrogens is 420 g/mol. The van der Waals surface area contributed by atoms with E-state index in [1.165, 1.54) is 18.2 Å². The smallest absolute Gasteiger partial charge is 0.269 e. The number of ether oxygens (including phenoxy) is 1. The lowest BCUT2D eigenvalue weighted by Gasteiger charge is -2.41. The number of hydrogen-bond acceptors (Lipinski definition) is 5. The number of rotatable bonds is 7.